The minimum absolute atomic E-state index is 0.506. The van der Waals surface area contributed by atoms with Crippen LogP contribution in [0.4, 0.5) is 11.5 Å². The van der Waals surface area contributed by atoms with Crippen LogP contribution in [-0.4, -0.2) is 17.0 Å². The summed E-state index contributed by atoms with van der Waals surface area (Å²) in [7, 11) is 2.00. The second-order valence-electron chi connectivity index (χ2n) is 6.01. The molecule has 5 nitrogen and oxygen atoms in total. The summed E-state index contributed by atoms with van der Waals surface area (Å²) >= 11 is 0. The first-order valence-electron chi connectivity index (χ1n) is 8.23. The summed E-state index contributed by atoms with van der Waals surface area (Å²) in [4.78, 5) is 14.6. The molecule has 5 heteroatoms. The number of hydrogen-bond acceptors (Lipinski definition) is 4. The molecule has 0 aliphatic carbocycles. The lowest BCUT2D eigenvalue weighted by atomic mass is 10.2. The first kappa shape index (κ1) is 15.9. The largest absolute Gasteiger partial charge is 0.418 e. The van der Waals surface area contributed by atoms with E-state index in [4.69, 9.17) is 11.0 Å². The minimum Gasteiger partial charge on any atom is -0.418 e. The fourth-order valence-corrected chi connectivity index (χ4v) is 2.76. The van der Waals surface area contributed by atoms with Crippen LogP contribution in [0.2, 0.25) is 0 Å². The highest BCUT2D eigenvalue weighted by Crippen LogP contribution is 2.26. The maximum Gasteiger partial charge on any atom is 0.249 e. The Hall–Kier alpha value is -3.65. The van der Waals surface area contributed by atoms with Crippen molar-refractivity contribution in [3.05, 3.63) is 83.7 Å². The van der Waals surface area contributed by atoms with Gasteiger partial charge in [-0.25, -0.2) is 9.83 Å². The lowest BCUT2D eigenvalue weighted by molar-refractivity contribution is 0.607. The van der Waals surface area contributed by atoms with Gasteiger partial charge in [0.25, 0.3) is 0 Å². The zero-order valence-electron chi connectivity index (χ0n) is 14.3. The van der Waals surface area contributed by atoms with Gasteiger partial charge in [-0.3, -0.25) is 0 Å². The van der Waals surface area contributed by atoms with Crippen molar-refractivity contribution in [2.24, 2.45) is 0 Å². The number of hydrogen-bond donors (Lipinski definition) is 0. The number of rotatable bonds is 4. The number of aromatic nitrogens is 2. The van der Waals surface area contributed by atoms with E-state index in [1.165, 1.54) is 5.56 Å². The normalized spacial score (nSPS) is 10.6. The summed E-state index contributed by atoms with van der Waals surface area (Å²) in [5, 5.41) is 0. The Morgan fingerprint density at radius 3 is 2.46 bits per heavy atom. The van der Waals surface area contributed by atoms with Crippen LogP contribution < -0.4 is 4.90 Å². The van der Waals surface area contributed by atoms with Crippen LogP contribution in [0.5, 0.6) is 0 Å². The quantitative estimate of drug-likeness (QED) is 0.486. The van der Waals surface area contributed by atoms with Crippen molar-refractivity contribution >= 4 is 22.7 Å². The van der Waals surface area contributed by atoms with Crippen molar-refractivity contribution in [3.63, 3.8) is 0 Å². The van der Waals surface area contributed by atoms with E-state index in [1.807, 2.05) is 49.5 Å². The van der Waals surface area contributed by atoms with Gasteiger partial charge in [0.15, 0.2) is 5.69 Å². The van der Waals surface area contributed by atoms with E-state index >= 15 is 0 Å². The molecule has 2 aromatic carbocycles. The van der Waals surface area contributed by atoms with Gasteiger partial charge in [0, 0.05) is 19.2 Å². The fraction of sp³-hybridized carbons (Fsp3) is 0.0952. The van der Waals surface area contributed by atoms with E-state index in [0.717, 1.165) is 17.9 Å². The van der Waals surface area contributed by atoms with E-state index in [-0.39, 0.29) is 0 Å². The highest BCUT2D eigenvalue weighted by atomic mass is 16.4. The smallest absolute Gasteiger partial charge is 0.249 e. The molecule has 26 heavy (non-hydrogen) atoms. The standard InChI is InChI=1S/C21H16N4O/c1-22-17-10-8-16(9-11-17)20-23-18-12-13-19(24-21(18)26-20)25(2)14-15-6-4-3-5-7-15/h3-13H,14H2,2H3. The Balaban J connectivity index is 1.62. The fourth-order valence-electron chi connectivity index (χ4n) is 2.76. The molecule has 2 heterocycles. The number of oxazole rings is 1. The first-order chi connectivity index (χ1) is 12.7. The van der Waals surface area contributed by atoms with Crippen LogP contribution in [0.1, 0.15) is 5.56 Å². The lowest BCUT2D eigenvalue weighted by Gasteiger charge is -2.17. The molecule has 126 valence electrons. The van der Waals surface area contributed by atoms with Crippen LogP contribution in [-0.2, 0) is 6.54 Å². The zero-order valence-corrected chi connectivity index (χ0v) is 14.3. The SMILES string of the molecule is [C-]#[N+]c1ccc(-c2nc3ccc(N(C)Cc4ccccc4)nc3o2)cc1. The summed E-state index contributed by atoms with van der Waals surface area (Å²) in [5.74, 6) is 1.33. The predicted octanol–water partition coefficient (Wildman–Crippen LogP) is 5.08. The number of fused-ring (bicyclic) bond motifs is 1. The molecule has 0 fully saturated rings. The molecule has 0 aliphatic heterocycles. The number of anilines is 1. The molecule has 0 N–H and O–H groups in total. The van der Waals surface area contributed by atoms with Gasteiger partial charge in [0.2, 0.25) is 11.6 Å². The Labute approximate surface area is 151 Å². The third-order valence-electron chi connectivity index (χ3n) is 4.14. The zero-order chi connectivity index (χ0) is 17.9. The first-order valence-corrected chi connectivity index (χ1v) is 8.23. The Bertz CT molecular complexity index is 1080. The van der Waals surface area contributed by atoms with Gasteiger partial charge in [0.05, 0.1) is 6.57 Å². The van der Waals surface area contributed by atoms with Gasteiger partial charge >= 0.3 is 0 Å². The summed E-state index contributed by atoms with van der Waals surface area (Å²) < 4.78 is 5.84. The number of pyridine rings is 1. The number of benzene rings is 2. The molecular formula is C21H16N4O. The highest BCUT2D eigenvalue weighted by molar-refractivity contribution is 5.75. The Kier molecular flexibility index (Phi) is 4.08. The average Bonchev–Trinajstić information content (AvgIpc) is 3.12. The Morgan fingerprint density at radius 1 is 0.962 bits per heavy atom. The summed E-state index contributed by atoms with van der Waals surface area (Å²) in [6, 6.07) is 21.3. The van der Waals surface area contributed by atoms with Crippen molar-refractivity contribution in [1.82, 2.24) is 9.97 Å². The van der Waals surface area contributed by atoms with Crippen LogP contribution >= 0.6 is 0 Å². The predicted molar refractivity (Wildman–Crippen MR) is 102 cm³/mol. The molecule has 0 amide bonds. The second kappa shape index (κ2) is 6.69. The maximum atomic E-state index is 7.02. The molecule has 0 saturated heterocycles. The van der Waals surface area contributed by atoms with E-state index in [0.29, 0.717) is 22.8 Å². The third-order valence-corrected chi connectivity index (χ3v) is 4.14. The van der Waals surface area contributed by atoms with Gasteiger partial charge < -0.3 is 9.32 Å². The van der Waals surface area contributed by atoms with E-state index < -0.39 is 0 Å². The van der Waals surface area contributed by atoms with Gasteiger partial charge in [-0.2, -0.15) is 4.98 Å². The van der Waals surface area contributed by atoms with Gasteiger partial charge in [0.1, 0.15) is 11.3 Å². The van der Waals surface area contributed by atoms with Crippen molar-refractivity contribution in [3.8, 4) is 11.5 Å². The molecule has 0 radical (unpaired) electrons. The molecule has 4 rings (SSSR count). The monoisotopic (exact) mass is 340 g/mol. The molecule has 0 saturated carbocycles. The van der Waals surface area contributed by atoms with E-state index in [2.05, 4.69) is 31.8 Å². The van der Waals surface area contributed by atoms with Crippen molar-refractivity contribution in [2.75, 3.05) is 11.9 Å². The molecule has 2 aromatic heterocycles. The second-order valence-corrected chi connectivity index (χ2v) is 6.01. The van der Waals surface area contributed by atoms with Gasteiger partial charge in [-0.1, -0.05) is 54.6 Å². The maximum absolute atomic E-state index is 7.02. The lowest BCUT2D eigenvalue weighted by Crippen LogP contribution is -2.17. The van der Waals surface area contributed by atoms with Crippen LogP contribution in [0, 0.1) is 6.57 Å². The topological polar surface area (TPSA) is 46.5 Å². The summed E-state index contributed by atoms with van der Waals surface area (Å²) in [5.41, 5.74) is 3.86. The van der Waals surface area contributed by atoms with Crippen LogP contribution in [0.3, 0.4) is 0 Å². The van der Waals surface area contributed by atoms with Crippen LogP contribution in [0.25, 0.3) is 27.5 Å². The van der Waals surface area contributed by atoms with Crippen molar-refractivity contribution in [2.45, 2.75) is 6.54 Å². The molecule has 0 spiro atoms. The molecule has 0 bridgehead atoms. The van der Waals surface area contributed by atoms with Crippen molar-refractivity contribution in [1.29, 1.82) is 0 Å². The summed E-state index contributed by atoms with van der Waals surface area (Å²) in [6.45, 7) is 7.78. The van der Waals surface area contributed by atoms with E-state index in [9.17, 15) is 0 Å². The molecule has 0 atom stereocenters. The Morgan fingerprint density at radius 2 is 1.73 bits per heavy atom. The van der Waals surface area contributed by atoms with Gasteiger partial charge in [-0.05, 0) is 17.7 Å². The average molecular weight is 340 g/mol. The van der Waals surface area contributed by atoms with Crippen molar-refractivity contribution < 1.29 is 4.42 Å². The molecule has 4 aromatic rings. The third kappa shape index (κ3) is 3.13. The van der Waals surface area contributed by atoms with Gasteiger partial charge in [-0.15, -0.1) is 0 Å². The number of nitrogens with zero attached hydrogens (tertiary/aromatic N) is 4. The molecule has 0 aliphatic rings. The molecular weight excluding hydrogens is 324 g/mol. The van der Waals surface area contributed by atoms with Crippen LogP contribution in [0.15, 0.2) is 71.1 Å². The highest BCUT2D eigenvalue weighted by Gasteiger charge is 2.12. The summed E-state index contributed by atoms with van der Waals surface area (Å²) in [6.07, 6.45) is 0. The minimum atomic E-state index is 0.506. The molecule has 0 unspecified atom stereocenters. The van der Waals surface area contributed by atoms with E-state index in [1.54, 1.807) is 12.1 Å².